The van der Waals surface area contributed by atoms with Gasteiger partial charge in [0.1, 0.15) is 10.7 Å². The highest BCUT2D eigenvalue weighted by molar-refractivity contribution is 7.89. The van der Waals surface area contributed by atoms with Crippen LogP contribution in [0.5, 0.6) is 0 Å². The molecule has 4 aromatic rings. The van der Waals surface area contributed by atoms with Crippen molar-refractivity contribution in [3.05, 3.63) is 59.8 Å². The minimum atomic E-state index is -4.65. The zero-order chi connectivity index (χ0) is 21.0. The number of primary sulfonamides is 1. The van der Waals surface area contributed by atoms with Crippen molar-refractivity contribution in [3.63, 3.8) is 0 Å². The Morgan fingerprint density at radius 1 is 1.07 bits per heavy atom. The number of alkyl halides is 3. The first-order valence-electron chi connectivity index (χ1n) is 8.20. The largest absolute Gasteiger partial charge is 0.435 e. The van der Waals surface area contributed by atoms with Gasteiger partial charge in [-0.25, -0.2) is 23.2 Å². The molecule has 0 fully saturated rings. The number of hydrogen-bond acceptors (Lipinski definition) is 5. The van der Waals surface area contributed by atoms with Crippen molar-refractivity contribution in [3.8, 4) is 16.4 Å². The van der Waals surface area contributed by atoms with Crippen LogP contribution in [0.25, 0.3) is 26.6 Å². The fraction of sp³-hybridized carbons (Fsp3) is 0.111. The molecule has 0 amide bonds. The monoisotopic (exact) mass is 438 g/mol. The van der Waals surface area contributed by atoms with Crippen LogP contribution >= 0.6 is 11.3 Å². The summed E-state index contributed by atoms with van der Waals surface area (Å²) in [4.78, 5) is 4.29. The van der Waals surface area contributed by atoms with E-state index in [0.717, 1.165) is 21.0 Å². The van der Waals surface area contributed by atoms with Crippen molar-refractivity contribution in [1.82, 2.24) is 14.8 Å². The molecule has 6 nitrogen and oxygen atoms in total. The average molecular weight is 438 g/mol. The van der Waals surface area contributed by atoms with Crippen LogP contribution in [0, 0.1) is 6.92 Å². The first-order chi connectivity index (χ1) is 13.5. The summed E-state index contributed by atoms with van der Waals surface area (Å²) in [5.41, 5.74) is 1.01. The highest BCUT2D eigenvalue weighted by atomic mass is 32.2. The van der Waals surface area contributed by atoms with Gasteiger partial charge in [-0.15, -0.1) is 11.3 Å². The Hall–Kier alpha value is -2.76. The van der Waals surface area contributed by atoms with E-state index in [-0.39, 0.29) is 16.3 Å². The molecule has 0 aliphatic rings. The van der Waals surface area contributed by atoms with Gasteiger partial charge in [-0.2, -0.15) is 18.3 Å². The molecule has 0 unspecified atom stereocenters. The van der Waals surface area contributed by atoms with Crippen molar-refractivity contribution in [2.45, 2.75) is 18.0 Å². The van der Waals surface area contributed by atoms with Crippen LogP contribution in [-0.4, -0.2) is 23.2 Å². The lowest BCUT2D eigenvalue weighted by molar-refractivity contribution is -0.141. The predicted octanol–water partition coefficient (Wildman–Crippen LogP) is 4.12. The number of benzene rings is 2. The molecule has 2 N–H and O–H groups in total. The van der Waals surface area contributed by atoms with Gasteiger partial charge in [0.2, 0.25) is 10.0 Å². The standard InChI is InChI=1S/C18H13F3N4O2S2/c1-10-2-7-13-15(8-10)28-17(23-13)14-9-16(18(19,20)21)24-25(14)11-3-5-12(6-4-11)29(22,26)27/h2-9H,1H3,(H2,22,26,27). The second kappa shape index (κ2) is 6.65. The molecule has 0 aliphatic heterocycles. The van der Waals surface area contributed by atoms with E-state index in [2.05, 4.69) is 10.1 Å². The molecular formula is C18H13F3N4O2S2. The summed E-state index contributed by atoms with van der Waals surface area (Å²) in [5.74, 6) is 0. The lowest BCUT2D eigenvalue weighted by Gasteiger charge is -2.06. The van der Waals surface area contributed by atoms with E-state index < -0.39 is 21.9 Å². The van der Waals surface area contributed by atoms with Gasteiger partial charge >= 0.3 is 6.18 Å². The Kier molecular flexibility index (Phi) is 4.48. The number of hydrogen-bond donors (Lipinski definition) is 1. The molecule has 0 atom stereocenters. The molecule has 29 heavy (non-hydrogen) atoms. The van der Waals surface area contributed by atoms with Crippen LogP contribution < -0.4 is 5.14 Å². The topological polar surface area (TPSA) is 90.9 Å². The van der Waals surface area contributed by atoms with Crippen molar-refractivity contribution < 1.29 is 21.6 Å². The molecule has 0 saturated carbocycles. The number of halogens is 3. The molecule has 4 rings (SSSR count). The van der Waals surface area contributed by atoms with E-state index in [4.69, 9.17) is 5.14 Å². The zero-order valence-corrected chi connectivity index (χ0v) is 16.4. The smallest absolute Gasteiger partial charge is 0.234 e. The van der Waals surface area contributed by atoms with Crippen LogP contribution in [-0.2, 0) is 16.2 Å². The number of fused-ring (bicyclic) bond motifs is 1. The van der Waals surface area contributed by atoms with Crippen molar-refractivity contribution >= 4 is 31.6 Å². The highest BCUT2D eigenvalue weighted by Gasteiger charge is 2.35. The van der Waals surface area contributed by atoms with Gasteiger partial charge in [-0.1, -0.05) is 6.07 Å². The van der Waals surface area contributed by atoms with Crippen LogP contribution in [0.1, 0.15) is 11.3 Å². The maximum absolute atomic E-state index is 13.3. The molecule has 11 heteroatoms. The molecular weight excluding hydrogens is 425 g/mol. The van der Waals surface area contributed by atoms with Crippen molar-refractivity contribution in [2.24, 2.45) is 5.14 Å². The third-order valence-electron chi connectivity index (χ3n) is 4.17. The molecule has 0 radical (unpaired) electrons. The fourth-order valence-electron chi connectivity index (χ4n) is 2.79. The maximum Gasteiger partial charge on any atom is 0.435 e. The van der Waals surface area contributed by atoms with Crippen LogP contribution in [0.2, 0.25) is 0 Å². The maximum atomic E-state index is 13.3. The van der Waals surface area contributed by atoms with Gasteiger partial charge in [-0.3, -0.25) is 0 Å². The average Bonchev–Trinajstić information content (AvgIpc) is 3.24. The quantitative estimate of drug-likeness (QED) is 0.521. The van der Waals surface area contributed by atoms with Gasteiger partial charge in [0.05, 0.1) is 20.8 Å². The van der Waals surface area contributed by atoms with Crippen molar-refractivity contribution in [2.75, 3.05) is 0 Å². The van der Waals surface area contributed by atoms with E-state index in [1.54, 1.807) is 6.07 Å². The second-order valence-electron chi connectivity index (χ2n) is 6.35. The van der Waals surface area contributed by atoms with E-state index in [1.807, 2.05) is 19.1 Å². The molecule has 0 aliphatic carbocycles. The highest BCUT2D eigenvalue weighted by Crippen LogP contribution is 2.36. The van der Waals surface area contributed by atoms with Crippen LogP contribution in [0.3, 0.4) is 0 Å². The van der Waals surface area contributed by atoms with E-state index in [0.29, 0.717) is 10.5 Å². The summed E-state index contributed by atoms with van der Waals surface area (Å²) >= 11 is 1.25. The van der Waals surface area contributed by atoms with Gasteiger partial charge < -0.3 is 0 Å². The molecule has 0 bridgehead atoms. The minimum Gasteiger partial charge on any atom is -0.234 e. The third-order valence-corrected chi connectivity index (χ3v) is 6.14. The van der Waals surface area contributed by atoms with Gasteiger partial charge in [0.15, 0.2) is 5.69 Å². The Morgan fingerprint density at radius 3 is 2.38 bits per heavy atom. The SMILES string of the molecule is Cc1ccc2nc(-c3cc(C(F)(F)F)nn3-c3ccc(S(N)(=O)=O)cc3)sc2c1. The molecule has 2 aromatic heterocycles. The molecule has 0 spiro atoms. The number of aryl methyl sites for hydroxylation is 1. The summed E-state index contributed by atoms with van der Waals surface area (Å²) < 4.78 is 64.7. The number of nitrogens with zero attached hydrogens (tertiary/aromatic N) is 3. The van der Waals surface area contributed by atoms with Gasteiger partial charge in [0.25, 0.3) is 0 Å². The lowest BCUT2D eigenvalue weighted by Crippen LogP contribution is -2.12. The summed E-state index contributed by atoms with van der Waals surface area (Å²) in [6.07, 6.45) is -4.65. The van der Waals surface area contributed by atoms with Crippen LogP contribution in [0.15, 0.2) is 53.4 Å². The number of thiazole rings is 1. The zero-order valence-electron chi connectivity index (χ0n) is 14.8. The lowest BCUT2D eigenvalue weighted by atomic mass is 10.2. The summed E-state index contributed by atoms with van der Waals surface area (Å²) in [5, 5.41) is 9.13. The Morgan fingerprint density at radius 2 is 1.76 bits per heavy atom. The third kappa shape index (κ3) is 3.76. The number of rotatable bonds is 3. The summed E-state index contributed by atoms with van der Waals surface area (Å²) in [7, 11) is -3.92. The molecule has 2 heterocycles. The fourth-order valence-corrected chi connectivity index (χ4v) is 4.37. The summed E-state index contributed by atoms with van der Waals surface area (Å²) in [6.45, 7) is 1.91. The van der Waals surface area contributed by atoms with Gasteiger partial charge in [0, 0.05) is 0 Å². The van der Waals surface area contributed by atoms with Gasteiger partial charge in [-0.05, 0) is 55.0 Å². The predicted molar refractivity (Wildman–Crippen MR) is 103 cm³/mol. The molecule has 150 valence electrons. The second-order valence-corrected chi connectivity index (χ2v) is 8.95. The first kappa shape index (κ1) is 19.6. The summed E-state index contributed by atoms with van der Waals surface area (Å²) in [6, 6.07) is 11.6. The normalized spacial score (nSPS) is 12.6. The Balaban J connectivity index is 1.90. The van der Waals surface area contributed by atoms with Crippen molar-refractivity contribution in [1.29, 1.82) is 0 Å². The van der Waals surface area contributed by atoms with E-state index in [1.165, 1.54) is 35.6 Å². The first-order valence-corrected chi connectivity index (χ1v) is 10.6. The number of aromatic nitrogens is 3. The number of nitrogens with two attached hydrogens (primary N) is 1. The molecule has 2 aromatic carbocycles. The number of sulfonamides is 1. The Bertz CT molecular complexity index is 1320. The van der Waals surface area contributed by atoms with E-state index >= 15 is 0 Å². The molecule has 0 saturated heterocycles. The van der Waals surface area contributed by atoms with E-state index in [9.17, 15) is 21.6 Å². The van der Waals surface area contributed by atoms with Crippen LogP contribution in [0.4, 0.5) is 13.2 Å². The minimum absolute atomic E-state index is 0.151. The Labute approximate surface area is 167 Å².